The lowest BCUT2D eigenvalue weighted by Crippen LogP contribution is -1.87. The zero-order valence-corrected chi connectivity index (χ0v) is 9.63. The molecule has 0 N–H and O–H groups in total. The lowest BCUT2D eigenvalue weighted by molar-refractivity contribution is 0.415. The minimum atomic E-state index is 0.836. The van der Waals surface area contributed by atoms with Crippen LogP contribution in [0.1, 0.15) is 5.56 Å². The Kier molecular flexibility index (Phi) is 2.42. The Morgan fingerprint density at radius 3 is 2.79 bits per heavy atom. The molecule has 1 aromatic carbocycles. The Morgan fingerprint density at radius 1 is 1.29 bits per heavy atom. The molecule has 0 amide bonds. The van der Waals surface area contributed by atoms with Gasteiger partial charge >= 0.3 is 0 Å². The van der Waals surface area contributed by atoms with E-state index in [-0.39, 0.29) is 0 Å². The number of aryl methyl sites for hydroxylation is 1. The number of ether oxygens (including phenoxy) is 1. The van der Waals surface area contributed by atoms with E-state index in [0.29, 0.717) is 0 Å². The summed E-state index contributed by atoms with van der Waals surface area (Å²) in [6, 6.07) is 7.93. The maximum atomic E-state index is 5.15. The van der Waals surface area contributed by atoms with E-state index in [4.69, 9.17) is 4.74 Å². The first kappa shape index (κ1) is 9.46. The molecule has 0 saturated carbocycles. The number of rotatable bonds is 1. The average Bonchev–Trinajstić information content (AvgIpc) is 2.16. The smallest absolute Gasteiger partial charge is 0.121 e. The van der Waals surface area contributed by atoms with Crippen molar-refractivity contribution in [1.29, 1.82) is 0 Å². The van der Waals surface area contributed by atoms with Gasteiger partial charge in [0.1, 0.15) is 10.4 Å². The van der Waals surface area contributed by atoms with Crippen molar-refractivity contribution >= 4 is 26.8 Å². The summed E-state index contributed by atoms with van der Waals surface area (Å²) < 4.78 is 6.00. The van der Waals surface area contributed by atoms with Gasteiger partial charge in [0, 0.05) is 11.5 Å². The SMILES string of the molecule is COc1ccc2c(C)cc(Br)nc2c1. The first-order valence-electron chi connectivity index (χ1n) is 4.31. The standard InChI is InChI=1S/C11H10BrNO/c1-7-5-11(12)13-10-6-8(14-2)3-4-9(7)10/h3-6H,1-2H3. The second kappa shape index (κ2) is 3.58. The summed E-state index contributed by atoms with van der Waals surface area (Å²) in [7, 11) is 1.66. The lowest BCUT2D eigenvalue weighted by Gasteiger charge is -2.04. The van der Waals surface area contributed by atoms with E-state index in [1.54, 1.807) is 7.11 Å². The largest absolute Gasteiger partial charge is 0.497 e. The minimum Gasteiger partial charge on any atom is -0.497 e. The highest BCUT2D eigenvalue weighted by Gasteiger charge is 2.02. The highest BCUT2D eigenvalue weighted by molar-refractivity contribution is 9.10. The fraction of sp³-hybridized carbons (Fsp3) is 0.182. The van der Waals surface area contributed by atoms with Crippen molar-refractivity contribution in [3.63, 3.8) is 0 Å². The first-order chi connectivity index (χ1) is 6.70. The molecule has 0 saturated heterocycles. The number of hydrogen-bond donors (Lipinski definition) is 0. The number of halogens is 1. The van der Waals surface area contributed by atoms with Gasteiger partial charge in [-0.1, -0.05) is 0 Å². The number of pyridine rings is 1. The molecule has 0 spiro atoms. The van der Waals surface area contributed by atoms with Crippen molar-refractivity contribution in [3.05, 3.63) is 34.4 Å². The maximum absolute atomic E-state index is 5.15. The van der Waals surface area contributed by atoms with Crippen LogP contribution in [0.25, 0.3) is 10.9 Å². The molecule has 0 fully saturated rings. The molecule has 14 heavy (non-hydrogen) atoms. The van der Waals surface area contributed by atoms with Gasteiger partial charge in [-0.05, 0) is 46.6 Å². The molecule has 2 nitrogen and oxygen atoms in total. The fourth-order valence-corrected chi connectivity index (χ4v) is 2.00. The van der Waals surface area contributed by atoms with Gasteiger partial charge in [0.2, 0.25) is 0 Å². The molecule has 2 aromatic rings. The highest BCUT2D eigenvalue weighted by Crippen LogP contribution is 2.24. The van der Waals surface area contributed by atoms with Crippen molar-refractivity contribution in [1.82, 2.24) is 4.98 Å². The Bertz CT molecular complexity index is 482. The summed E-state index contributed by atoms with van der Waals surface area (Å²) >= 11 is 3.38. The van der Waals surface area contributed by atoms with Gasteiger partial charge in [-0.2, -0.15) is 0 Å². The third-order valence-corrected chi connectivity index (χ3v) is 2.60. The van der Waals surface area contributed by atoms with Crippen molar-refractivity contribution < 1.29 is 4.74 Å². The van der Waals surface area contributed by atoms with Gasteiger partial charge in [-0.3, -0.25) is 0 Å². The topological polar surface area (TPSA) is 22.1 Å². The number of nitrogens with zero attached hydrogens (tertiary/aromatic N) is 1. The molecule has 3 heteroatoms. The van der Waals surface area contributed by atoms with E-state index in [1.807, 2.05) is 24.3 Å². The van der Waals surface area contributed by atoms with E-state index < -0.39 is 0 Å². The van der Waals surface area contributed by atoms with Crippen LogP contribution in [0.4, 0.5) is 0 Å². The molecular weight excluding hydrogens is 242 g/mol. The monoisotopic (exact) mass is 251 g/mol. The summed E-state index contributed by atoms with van der Waals surface area (Å²) in [5.74, 6) is 0.836. The highest BCUT2D eigenvalue weighted by atomic mass is 79.9. The summed E-state index contributed by atoms with van der Waals surface area (Å²) in [5.41, 5.74) is 2.17. The summed E-state index contributed by atoms with van der Waals surface area (Å²) in [6.07, 6.45) is 0. The van der Waals surface area contributed by atoms with Crippen LogP contribution in [0, 0.1) is 6.92 Å². The fourth-order valence-electron chi connectivity index (χ4n) is 1.47. The van der Waals surface area contributed by atoms with Crippen LogP contribution in [-0.4, -0.2) is 12.1 Å². The molecule has 0 aliphatic heterocycles. The van der Waals surface area contributed by atoms with Gasteiger partial charge in [-0.25, -0.2) is 4.98 Å². The van der Waals surface area contributed by atoms with Crippen LogP contribution in [0.15, 0.2) is 28.9 Å². The normalized spacial score (nSPS) is 10.5. The van der Waals surface area contributed by atoms with Gasteiger partial charge in [0.25, 0.3) is 0 Å². The van der Waals surface area contributed by atoms with E-state index in [0.717, 1.165) is 21.3 Å². The molecule has 0 bridgehead atoms. The van der Waals surface area contributed by atoms with Crippen LogP contribution < -0.4 is 4.74 Å². The van der Waals surface area contributed by atoms with E-state index in [9.17, 15) is 0 Å². The second-order valence-electron chi connectivity index (χ2n) is 3.14. The van der Waals surface area contributed by atoms with E-state index in [1.165, 1.54) is 5.56 Å². The molecule has 0 unspecified atom stereocenters. The van der Waals surface area contributed by atoms with Gasteiger partial charge < -0.3 is 4.74 Å². The number of fused-ring (bicyclic) bond motifs is 1. The van der Waals surface area contributed by atoms with Crippen molar-refractivity contribution in [2.45, 2.75) is 6.92 Å². The Labute approximate surface area is 91.0 Å². The van der Waals surface area contributed by atoms with E-state index >= 15 is 0 Å². The second-order valence-corrected chi connectivity index (χ2v) is 3.96. The van der Waals surface area contributed by atoms with Crippen LogP contribution in [-0.2, 0) is 0 Å². The first-order valence-corrected chi connectivity index (χ1v) is 5.11. The number of benzene rings is 1. The summed E-state index contributed by atoms with van der Waals surface area (Å²) in [4.78, 5) is 4.38. The van der Waals surface area contributed by atoms with Crippen molar-refractivity contribution in [2.75, 3.05) is 7.11 Å². The maximum Gasteiger partial charge on any atom is 0.121 e. The lowest BCUT2D eigenvalue weighted by atomic mass is 10.1. The Hall–Kier alpha value is -1.09. The molecule has 0 atom stereocenters. The molecule has 0 aliphatic carbocycles. The predicted octanol–water partition coefficient (Wildman–Crippen LogP) is 3.31. The Morgan fingerprint density at radius 2 is 2.07 bits per heavy atom. The molecule has 1 aromatic heterocycles. The van der Waals surface area contributed by atoms with Crippen LogP contribution in [0.2, 0.25) is 0 Å². The molecule has 0 aliphatic rings. The van der Waals surface area contributed by atoms with Gasteiger partial charge in [-0.15, -0.1) is 0 Å². The van der Waals surface area contributed by atoms with Crippen LogP contribution >= 0.6 is 15.9 Å². The zero-order chi connectivity index (χ0) is 10.1. The number of aromatic nitrogens is 1. The Balaban J connectivity index is 2.75. The minimum absolute atomic E-state index is 0.836. The van der Waals surface area contributed by atoms with E-state index in [2.05, 4.69) is 27.8 Å². The van der Waals surface area contributed by atoms with Crippen LogP contribution in [0.3, 0.4) is 0 Å². The molecule has 72 valence electrons. The van der Waals surface area contributed by atoms with Gasteiger partial charge in [0.05, 0.1) is 12.6 Å². The molecular formula is C11H10BrNO. The summed E-state index contributed by atoms with van der Waals surface area (Å²) in [5, 5.41) is 1.16. The average molecular weight is 252 g/mol. The van der Waals surface area contributed by atoms with Crippen molar-refractivity contribution in [2.24, 2.45) is 0 Å². The molecule has 0 radical (unpaired) electrons. The summed E-state index contributed by atoms with van der Waals surface area (Å²) in [6.45, 7) is 2.07. The van der Waals surface area contributed by atoms with Gasteiger partial charge in [0.15, 0.2) is 0 Å². The number of methoxy groups -OCH3 is 1. The van der Waals surface area contributed by atoms with Crippen molar-refractivity contribution in [3.8, 4) is 5.75 Å². The molecule has 1 heterocycles. The zero-order valence-electron chi connectivity index (χ0n) is 8.04. The predicted molar refractivity (Wildman–Crippen MR) is 60.7 cm³/mol. The third kappa shape index (κ3) is 1.60. The molecule has 2 rings (SSSR count). The van der Waals surface area contributed by atoms with Crippen LogP contribution in [0.5, 0.6) is 5.75 Å². The quantitative estimate of drug-likeness (QED) is 0.726. The number of hydrogen-bond acceptors (Lipinski definition) is 2. The third-order valence-electron chi connectivity index (χ3n) is 2.19.